The SMILES string of the molecule is Cc1ccc2cc(C)n(CCN)c2c1C. The summed E-state index contributed by atoms with van der Waals surface area (Å²) < 4.78 is 2.32. The molecule has 0 aliphatic rings. The zero-order valence-corrected chi connectivity index (χ0v) is 9.67. The number of rotatable bonds is 2. The zero-order chi connectivity index (χ0) is 11.0. The molecular formula is C13H18N2. The molecule has 1 heterocycles. The summed E-state index contributed by atoms with van der Waals surface area (Å²) in [4.78, 5) is 0. The van der Waals surface area contributed by atoms with Crippen molar-refractivity contribution in [3.63, 3.8) is 0 Å². The normalized spacial score (nSPS) is 11.2. The van der Waals surface area contributed by atoms with Crippen LogP contribution < -0.4 is 5.73 Å². The summed E-state index contributed by atoms with van der Waals surface area (Å²) in [6.45, 7) is 8.08. The van der Waals surface area contributed by atoms with E-state index in [0.29, 0.717) is 6.54 Å². The van der Waals surface area contributed by atoms with E-state index in [1.807, 2.05) is 0 Å². The lowest BCUT2D eigenvalue weighted by atomic mass is 10.1. The second-order valence-corrected chi connectivity index (χ2v) is 4.17. The van der Waals surface area contributed by atoms with Crippen molar-refractivity contribution in [2.24, 2.45) is 5.73 Å². The van der Waals surface area contributed by atoms with Gasteiger partial charge >= 0.3 is 0 Å². The molecule has 80 valence electrons. The predicted octanol–water partition coefficient (Wildman–Crippen LogP) is 2.53. The molecule has 0 radical (unpaired) electrons. The van der Waals surface area contributed by atoms with Gasteiger partial charge in [0.25, 0.3) is 0 Å². The van der Waals surface area contributed by atoms with Crippen molar-refractivity contribution in [3.05, 3.63) is 35.0 Å². The van der Waals surface area contributed by atoms with E-state index in [1.54, 1.807) is 0 Å². The highest BCUT2D eigenvalue weighted by atomic mass is 15.0. The fourth-order valence-electron chi connectivity index (χ4n) is 2.19. The molecule has 2 nitrogen and oxygen atoms in total. The van der Waals surface area contributed by atoms with Crippen LogP contribution in [-0.2, 0) is 6.54 Å². The van der Waals surface area contributed by atoms with E-state index in [9.17, 15) is 0 Å². The molecule has 0 saturated carbocycles. The Labute approximate surface area is 90.7 Å². The molecule has 0 amide bonds. The molecule has 1 aromatic carbocycles. The van der Waals surface area contributed by atoms with Gasteiger partial charge in [-0.1, -0.05) is 12.1 Å². The van der Waals surface area contributed by atoms with Crippen LogP contribution in [0.2, 0.25) is 0 Å². The number of nitrogens with zero attached hydrogens (tertiary/aromatic N) is 1. The molecule has 2 N–H and O–H groups in total. The summed E-state index contributed by atoms with van der Waals surface area (Å²) in [5.41, 5.74) is 11.0. The van der Waals surface area contributed by atoms with Crippen molar-refractivity contribution in [3.8, 4) is 0 Å². The van der Waals surface area contributed by atoms with Crippen LogP contribution in [0, 0.1) is 20.8 Å². The Bertz CT molecular complexity index is 495. The van der Waals surface area contributed by atoms with Crippen LogP contribution in [0.1, 0.15) is 16.8 Å². The summed E-state index contributed by atoms with van der Waals surface area (Å²) in [6.07, 6.45) is 0. The standard InChI is InChI=1S/C13H18N2/c1-9-4-5-12-8-10(2)15(7-6-14)13(12)11(9)3/h4-5,8H,6-7,14H2,1-3H3. The fourth-order valence-corrected chi connectivity index (χ4v) is 2.19. The maximum Gasteiger partial charge on any atom is 0.0515 e. The van der Waals surface area contributed by atoms with Gasteiger partial charge in [0.1, 0.15) is 0 Å². The topological polar surface area (TPSA) is 30.9 Å². The minimum atomic E-state index is 0.692. The number of hydrogen-bond donors (Lipinski definition) is 1. The maximum absolute atomic E-state index is 5.65. The Kier molecular flexibility index (Phi) is 2.53. The lowest BCUT2D eigenvalue weighted by molar-refractivity contribution is 0.713. The van der Waals surface area contributed by atoms with Crippen LogP contribution in [-0.4, -0.2) is 11.1 Å². The highest BCUT2D eigenvalue weighted by Crippen LogP contribution is 2.24. The van der Waals surface area contributed by atoms with Gasteiger partial charge in [-0.2, -0.15) is 0 Å². The molecule has 0 aliphatic heterocycles. The van der Waals surface area contributed by atoms with Gasteiger partial charge in [-0.05, 0) is 38.0 Å². The number of hydrogen-bond acceptors (Lipinski definition) is 1. The maximum atomic E-state index is 5.65. The van der Waals surface area contributed by atoms with Crippen LogP contribution in [0.3, 0.4) is 0 Å². The van der Waals surface area contributed by atoms with E-state index in [4.69, 9.17) is 5.73 Å². The number of benzene rings is 1. The van der Waals surface area contributed by atoms with Gasteiger partial charge in [-0.25, -0.2) is 0 Å². The molecule has 0 saturated heterocycles. The molecule has 1 aromatic heterocycles. The van der Waals surface area contributed by atoms with Gasteiger partial charge in [-0.3, -0.25) is 0 Å². The van der Waals surface area contributed by atoms with Crippen LogP contribution in [0.15, 0.2) is 18.2 Å². The molecule has 0 spiro atoms. The van der Waals surface area contributed by atoms with E-state index in [1.165, 1.54) is 27.7 Å². The molecule has 15 heavy (non-hydrogen) atoms. The van der Waals surface area contributed by atoms with E-state index in [2.05, 4.69) is 43.5 Å². The van der Waals surface area contributed by atoms with Crippen LogP contribution in [0.5, 0.6) is 0 Å². The second-order valence-electron chi connectivity index (χ2n) is 4.17. The smallest absolute Gasteiger partial charge is 0.0515 e. The van der Waals surface area contributed by atoms with Crippen molar-refractivity contribution in [1.29, 1.82) is 0 Å². The van der Waals surface area contributed by atoms with Gasteiger partial charge in [-0.15, -0.1) is 0 Å². The average molecular weight is 202 g/mol. The minimum absolute atomic E-state index is 0.692. The predicted molar refractivity (Wildman–Crippen MR) is 65.2 cm³/mol. The van der Waals surface area contributed by atoms with Crippen molar-refractivity contribution in [1.82, 2.24) is 4.57 Å². The Morgan fingerprint density at radius 3 is 2.60 bits per heavy atom. The molecule has 2 rings (SSSR count). The van der Waals surface area contributed by atoms with Crippen molar-refractivity contribution in [2.45, 2.75) is 27.3 Å². The highest BCUT2D eigenvalue weighted by Gasteiger charge is 2.08. The Morgan fingerprint density at radius 2 is 1.93 bits per heavy atom. The Hall–Kier alpha value is -1.28. The van der Waals surface area contributed by atoms with Crippen LogP contribution >= 0.6 is 0 Å². The first kappa shape index (κ1) is 10.2. The fraction of sp³-hybridized carbons (Fsp3) is 0.385. The Balaban J connectivity index is 2.77. The van der Waals surface area contributed by atoms with E-state index >= 15 is 0 Å². The quantitative estimate of drug-likeness (QED) is 0.797. The van der Waals surface area contributed by atoms with E-state index in [0.717, 1.165) is 6.54 Å². The van der Waals surface area contributed by atoms with Crippen LogP contribution in [0.4, 0.5) is 0 Å². The number of aromatic nitrogens is 1. The van der Waals surface area contributed by atoms with Gasteiger partial charge in [0.15, 0.2) is 0 Å². The third-order valence-corrected chi connectivity index (χ3v) is 3.15. The molecule has 0 unspecified atom stereocenters. The molecule has 2 aromatic rings. The third kappa shape index (κ3) is 1.55. The van der Waals surface area contributed by atoms with Crippen molar-refractivity contribution < 1.29 is 0 Å². The summed E-state index contributed by atoms with van der Waals surface area (Å²) in [6, 6.07) is 6.61. The lowest BCUT2D eigenvalue weighted by Gasteiger charge is -2.09. The first-order chi connectivity index (χ1) is 7.15. The number of fused-ring (bicyclic) bond motifs is 1. The summed E-state index contributed by atoms with van der Waals surface area (Å²) >= 11 is 0. The average Bonchev–Trinajstić information content (AvgIpc) is 2.51. The van der Waals surface area contributed by atoms with Crippen molar-refractivity contribution >= 4 is 10.9 Å². The number of aryl methyl sites for hydroxylation is 3. The molecule has 0 atom stereocenters. The Morgan fingerprint density at radius 1 is 1.20 bits per heavy atom. The number of nitrogens with two attached hydrogens (primary N) is 1. The second kappa shape index (κ2) is 3.70. The minimum Gasteiger partial charge on any atom is -0.343 e. The highest BCUT2D eigenvalue weighted by molar-refractivity contribution is 5.85. The van der Waals surface area contributed by atoms with Gasteiger partial charge in [0, 0.05) is 24.2 Å². The summed E-state index contributed by atoms with van der Waals surface area (Å²) in [7, 11) is 0. The first-order valence-corrected chi connectivity index (χ1v) is 5.41. The van der Waals surface area contributed by atoms with Crippen LogP contribution in [0.25, 0.3) is 10.9 Å². The lowest BCUT2D eigenvalue weighted by Crippen LogP contribution is -2.11. The summed E-state index contributed by atoms with van der Waals surface area (Å²) in [5.74, 6) is 0. The van der Waals surface area contributed by atoms with Gasteiger partial charge < -0.3 is 10.3 Å². The molecule has 2 heteroatoms. The first-order valence-electron chi connectivity index (χ1n) is 5.41. The largest absolute Gasteiger partial charge is 0.343 e. The van der Waals surface area contributed by atoms with Crippen molar-refractivity contribution in [2.75, 3.05) is 6.54 Å². The van der Waals surface area contributed by atoms with Gasteiger partial charge in [0.05, 0.1) is 5.52 Å². The van der Waals surface area contributed by atoms with E-state index < -0.39 is 0 Å². The molecular weight excluding hydrogens is 184 g/mol. The van der Waals surface area contributed by atoms with Gasteiger partial charge in [0.2, 0.25) is 0 Å². The third-order valence-electron chi connectivity index (χ3n) is 3.15. The summed E-state index contributed by atoms with van der Waals surface area (Å²) in [5, 5.41) is 1.32. The van der Waals surface area contributed by atoms with E-state index in [-0.39, 0.29) is 0 Å². The monoisotopic (exact) mass is 202 g/mol. The zero-order valence-electron chi connectivity index (χ0n) is 9.67. The molecule has 0 aliphatic carbocycles. The molecule has 0 fully saturated rings. The molecule has 0 bridgehead atoms.